The molecule has 3 nitrogen and oxygen atoms in total. The summed E-state index contributed by atoms with van der Waals surface area (Å²) in [6, 6.07) is 74.9. The number of aromatic nitrogens is 1. The molecule has 0 bridgehead atoms. The Labute approximate surface area is 340 Å². The highest BCUT2D eigenvalue weighted by molar-refractivity contribution is 7.26. The van der Waals surface area contributed by atoms with Crippen molar-refractivity contribution in [3.8, 4) is 44.8 Å². The van der Waals surface area contributed by atoms with E-state index in [0.717, 1.165) is 61.2 Å². The number of rotatable bonds is 7. The Morgan fingerprint density at radius 1 is 0.397 bits per heavy atom. The molecule has 0 radical (unpaired) electrons. The van der Waals surface area contributed by atoms with Gasteiger partial charge in [-0.3, -0.25) is 0 Å². The maximum Gasteiger partial charge on any atom is 0.133 e. The van der Waals surface area contributed by atoms with Gasteiger partial charge in [0.15, 0.2) is 0 Å². The van der Waals surface area contributed by atoms with Crippen molar-refractivity contribution >= 4 is 70.4 Å². The van der Waals surface area contributed by atoms with Crippen molar-refractivity contribution in [1.29, 1.82) is 0 Å². The van der Waals surface area contributed by atoms with E-state index < -0.39 is 0 Å². The van der Waals surface area contributed by atoms with Crippen molar-refractivity contribution in [3.63, 3.8) is 0 Å². The van der Waals surface area contributed by atoms with Gasteiger partial charge in [0.05, 0.1) is 16.4 Å². The lowest BCUT2D eigenvalue weighted by atomic mass is 9.99. The van der Waals surface area contributed by atoms with Crippen molar-refractivity contribution in [3.05, 3.63) is 212 Å². The van der Waals surface area contributed by atoms with Crippen LogP contribution in [0.15, 0.2) is 212 Å². The standard InChI is InChI=1S/C54H36N2OS/c57-53-44(33-34-50-52(53)48-20-7-9-23-49(48)56(50)40-16-5-2-6-17-40)39-15-11-18-43(35-39)55(41-29-25-37(26-30-41)36-13-3-1-4-14-36)42-31-27-38(28-32-42)45-21-12-22-47-46-19-8-10-24-51(46)58-54(45)47/h1-35,57H. The van der Waals surface area contributed by atoms with Crippen LogP contribution in [-0.2, 0) is 0 Å². The van der Waals surface area contributed by atoms with Gasteiger partial charge in [0.2, 0.25) is 0 Å². The van der Waals surface area contributed by atoms with Crippen molar-refractivity contribution in [2.45, 2.75) is 0 Å². The highest BCUT2D eigenvalue weighted by Crippen LogP contribution is 2.45. The van der Waals surface area contributed by atoms with Gasteiger partial charge in [-0.25, -0.2) is 0 Å². The van der Waals surface area contributed by atoms with Crippen LogP contribution in [0.2, 0.25) is 0 Å². The molecule has 0 aliphatic carbocycles. The van der Waals surface area contributed by atoms with Crippen molar-refractivity contribution in [2.24, 2.45) is 0 Å². The second kappa shape index (κ2) is 14.0. The third-order valence-electron chi connectivity index (χ3n) is 11.3. The predicted octanol–water partition coefficient (Wildman–Crippen LogP) is 15.3. The SMILES string of the molecule is Oc1c(-c2cccc(N(c3ccc(-c4ccccc4)cc3)c3ccc(-c4cccc5c4sc4ccccc45)cc3)c2)ccc2c1c1ccccc1n2-c1ccccc1. The Bertz CT molecular complexity index is 3270. The van der Waals surface area contributed by atoms with Crippen molar-refractivity contribution in [2.75, 3.05) is 4.90 Å². The van der Waals surface area contributed by atoms with E-state index in [-0.39, 0.29) is 5.75 Å². The molecule has 11 rings (SSSR count). The van der Waals surface area contributed by atoms with Crippen LogP contribution in [0.5, 0.6) is 5.75 Å². The highest BCUT2D eigenvalue weighted by Gasteiger charge is 2.20. The summed E-state index contributed by atoms with van der Waals surface area (Å²) in [5, 5.41) is 16.7. The molecule has 2 aromatic heterocycles. The second-order valence-electron chi connectivity index (χ2n) is 14.7. The molecule has 4 heteroatoms. The Morgan fingerprint density at radius 2 is 1.00 bits per heavy atom. The molecule has 0 saturated carbocycles. The number of benzene rings is 9. The zero-order valence-corrected chi connectivity index (χ0v) is 32.3. The van der Waals surface area contributed by atoms with Gasteiger partial charge in [-0.05, 0) is 101 Å². The van der Waals surface area contributed by atoms with E-state index >= 15 is 0 Å². The molecule has 274 valence electrons. The number of anilines is 3. The molecule has 0 amide bonds. The zero-order chi connectivity index (χ0) is 38.6. The number of thiophene rings is 1. The Hall–Kier alpha value is -7.40. The summed E-state index contributed by atoms with van der Waals surface area (Å²) in [5.74, 6) is 0.277. The van der Waals surface area contributed by atoms with Gasteiger partial charge in [-0.15, -0.1) is 11.3 Å². The minimum atomic E-state index is 0.277. The first-order chi connectivity index (χ1) is 28.7. The average molecular weight is 761 g/mol. The molecular formula is C54H36N2OS. The van der Waals surface area contributed by atoms with Crippen LogP contribution >= 0.6 is 11.3 Å². The summed E-state index contributed by atoms with van der Waals surface area (Å²) < 4.78 is 4.84. The van der Waals surface area contributed by atoms with E-state index in [1.807, 2.05) is 29.5 Å². The Kier molecular flexibility index (Phi) is 8.16. The van der Waals surface area contributed by atoms with Crippen LogP contribution in [0, 0.1) is 0 Å². The van der Waals surface area contributed by atoms with Gasteiger partial charge in [0.25, 0.3) is 0 Å². The number of aromatic hydroxyl groups is 1. The first-order valence-corrected chi connectivity index (χ1v) is 20.4. The van der Waals surface area contributed by atoms with E-state index in [1.165, 1.54) is 36.9 Å². The fourth-order valence-electron chi connectivity index (χ4n) is 8.59. The third kappa shape index (κ3) is 5.65. The van der Waals surface area contributed by atoms with E-state index in [1.54, 1.807) is 0 Å². The van der Waals surface area contributed by atoms with Gasteiger partial charge >= 0.3 is 0 Å². The van der Waals surface area contributed by atoms with Gasteiger partial charge in [0.1, 0.15) is 5.75 Å². The third-order valence-corrected chi connectivity index (χ3v) is 12.5. The first kappa shape index (κ1) is 33.9. The van der Waals surface area contributed by atoms with Crippen LogP contribution in [0.4, 0.5) is 17.1 Å². The quantitative estimate of drug-likeness (QED) is 0.175. The molecule has 11 aromatic rings. The molecule has 0 aliphatic heterocycles. The molecule has 0 saturated heterocycles. The fraction of sp³-hybridized carbons (Fsp3) is 0. The van der Waals surface area contributed by atoms with Gasteiger partial charge < -0.3 is 14.6 Å². The topological polar surface area (TPSA) is 28.4 Å². The van der Waals surface area contributed by atoms with Gasteiger partial charge in [-0.1, -0.05) is 140 Å². The van der Waals surface area contributed by atoms with Crippen LogP contribution in [0.3, 0.4) is 0 Å². The minimum Gasteiger partial charge on any atom is -0.507 e. The van der Waals surface area contributed by atoms with E-state index in [9.17, 15) is 5.11 Å². The highest BCUT2D eigenvalue weighted by atomic mass is 32.1. The van der Waals surface area contributed by atoms with Crippen molar-refractivity contribution < 1.29 is 5.11 Å². The van der Waals surface area contributed by atoms with E-state index in [0.29, 0.717) is 0 Å². The lowest BCUT2D eigenvalue weighted by molar-refractivity contribution is 0.484. The summed E-state index contributed by atoms with van der Waals surface area (Å²) in [7, 11) is 0. The van der Waals surface area contributed by atoms with Crippen molar-refractivity contribution in [1.82, 2.24) is 4.57 Å². The van der Waals surface area contributed by atoms with E-state index in [2.05, 4.69) is 204 Å². The van der Waals surface area contributed by atoms with Crippen LogP contribution < -0.4 is 4.90 Å². The fourth-order valence-corrected chi connectivity index (χ4v) is 9.83. The number of hydrogen-bond acceptors (Lipinski definition) is 3. The van der Waals surface area contributed by atoms with E-state index in [4.69, 9.17) is 0 Å². The summed E-state index contributed by atoms with van der Waals surface area (Å²) in [5.41, 5.74) is 12.7. The number of hydrogen-bond donors (Lipinski definition) is 1. The summed E-state index contributed by atoms with van der Waals surface area (Å²) >= 11 is 1.86. The van der Waals surface area contributed by atoms with Crippen LogP contribution in [0.25, 0.3) is 81.0 Å². The molecular weight excluding hydrogens is 725 g/mol. The smallest absolute Gasteiger partial charge is 0.133 e. The monoisotopic (exact) mass is 760 g/mol. The summed E-state index contributed by atoms with van der Waals surface area (Å²) in [6.45, 7) is 0. The Balaban J connectivity index is 1.03. The predicted molar refractivity (Wildman–Crippen MR) is 246 cm³/mol. The molecule has 9 aromatic carbocycles. The number of phenols is 1. The Morgan fingerprint density at radius 3 is 1.78 bits per heavy atom. The molecule has 1 N–H and O–H groups in total. The number of para-hydroxylation sites is 2. The lowest BCUT2D eigenvalue weighted by Gasteiger charge is -2.26. The minimum absolute atomic E-state index is 0.277. The summed E-state index contributed by atoms with van der Waals surface area (Å²) in [4.78, 5) is 2.30. The maximum absolute atomic E-state index is 12.2. The average Bonchev–Trinajstić information content (AvgIpc) is 3.84. The molecule has 0 atom stereocenters. The van der Waals surface area contributed by atoms with Gasteiger partial charge in [0, 0.05) is 53.9 Å². The normalized spacial score (nSPS) is 11.5. The molecule has 0 aliphatic rings. The first-order valence-electron chi connectivity index (χ1n) is 19.6. The lowest BCUT2D eigenvalue weighted by Crippen LogP contribution is -2.10. The summed E-state index contributed by atoms with van der Waals surface area (Å²) in [6.07, 6.45) is 0. The maximum atomic E-state index is 12.2. The second-order valence-corrected chi connectivity index (χ2v) is 15.7. The molecule has 0 spiro atoms. The molecule has 58 heavy (non-hydrogen) atoms. The molecule has 0 fully saturated rings. The number of nitrogens with zero attached hydrogens (tertiary/aromatic N) is 2. The molecule has 2 heterocycles. The van der Waals surface area contributed by atoms with Crippen LogP contribution in [0.1, 0.15) is 0 Å². The number of phenolic OH excluding ortho intramolecular Hbond substituents is 1. The van der Waals surface area contributed by atoms with Gasteiger partial charge in [-0.2, -0.15) is 0 Å². The zero-order valence-electron chi connectivity index (χ0n) is 31.5. The number of fused-ring (bicyclic) bond motifs is 6. The molecule has 0 unspecified atom stereocenters. The van der Waals surface area contributed by atoms with Crippen LogP contribution in [-0.4, -0.2) is 9.67 Å². The largest absolute Gasteiger partial charge is 0.507 e.